The van der Waals surface area contributed by atoms with Crippen molar-refractivity contribution >= 4 is 17.5 Å². The average molecular weight is 274 g/mol. The van der Waals surface area contributed by atoms with E-state index in [1.54, 1.807) is 24.3 Å². The van der Waals surface area contributed by atoms with Crippen molar-refractivity contribution in [2.45, 2.75) is 0 Å². The largest absolute Gasteiger partial charge is 0.508 e. The SMILES string of the molecule is C=CCN(CC=C)C(=O)C(=O)N(C)c1ccc(O)cc1. The molecule has 0 fully saturated rings. The van der Waals surface area contributed by atoms with Crippen LogP contribution in [0.25, 0.3) is 0 Å². The molecule has 0 atom stereocenters. The second-order valence-corrected chi connectivity index (χ2v) is 4.17. The van der Waals surface area contributed by atoms with Gasteiger partial charge in [-0.3, -0.25) is 9.59 Å². The molecule has 0 saturated carbocycles. The zero-order valence-corrected chi connectivity index (χ0v) is 11.5. The van der Waals surface area contributed by atoms with Gasteiger partial charge >= 0.3 is 11.8 Å². The number of phenolic OH excluding ortho intramolecular Hbond substituents is 1. The molecule has 5 heteroatoms. The van der Waals surface area contributed by atoms with Gasteiger partial charge in [-0.15, -0.1) is 13.2 Å². The Morgan fingerprint density at radius 1 is 1.10 bits per heavy atom. The Balaban J connectivity index is 2.86. The predicted molar refractivity (Wildman–Crippen MR) is 78.5 cm³/mol. The number of phenols is 1. The van der Waals surface area contributed by atoms with Gasteiger partial charge in [-0.1, -0.05) is 12.2 Å². The molecule has 0 aliphatic rings. The smallest absolute Gasteiger partial charge is 0.316 e. The number of aromatic hydroxyl groups is 1. The second kappa shape index (κ2) is 7.13. The Morgan fingerprint density at radius 3 is 2.05 bits per heavy atom. The van der Waals surface area contributed by atoms with E-state index in [4.69, 9.17) is 0 Å². The summed E-state index contributed by atoms with van der Waals surface area (Å²) in [6.07, 6.45) is 3.10. The van der Waals surface area contributed by atoms with Crippen LogP contribution in [0.4, 0.5) is 5.69 Å². The van der Waals surface area contributed by atoms with Crippen LogP contribution in [0.2, 0.25) is 0 Å². The van der Waals surface area contributed by atoms with Crippen LogP contribution in [-0.2, 0) is 9.59 Å². The van der Waals surface area contributed by atoms with Crippen LogP contribution in [-0.4, -0.2) is 42.0 Å². The highest BCUT2D eigenvalue weighted by Crippen LogP contribution is 2.17. The van der Waals surface area contributed by atoms with Crippen molar-refractivity contribution in [2.24, 2.45) is 0 Å². The number of rotatable bonds is 5. The molecule has 0 bridgehead atoms. The van der Waals surface area contributed by atoms with Gasteiger partial charge in [0.05, 0.1) is 0 Å². The molecule has 0 saturated heterocycles. The van der Waals surface area contributed by atoms with Crippen LogP contribution < -0.4 is 4.90 Å². The first kappa shape index (κ1) is 15.5. The number of hydrogen-bond donors (Lipinski definition) is 1. The van der Waals surface area contributed by atoms with E-state index in [0.717, 1.165) is 0 Å². The number of carbonyl (C=O) groups excluding carboxylic acids is 2. The highest BCUT2D eigenvalue weighted by molar-refractivity contribution is 6.40. The van der Waals surface area contributed by atoms with Crippen LogP contribution in [0.1, 0.15) is 0 Å². The first-order chi connectivity index (χ1) is 9.51. The summed E-state index contributed by atoms with van der Waals surface area (Å²) >= 11 is 0. The van der Waals surface area contributed by atoms with E-state index in [1.165, 1.54) is 29.0 Å². The minimum atomic E-state index is -0.653. The van der Waals surface area contributed by atoms with Crippen LogP contribution >= 0.6 is 0 Å². The minimum Gasteiger partial charge on any atom is -0.508 e. The second-order valence-electron chi connectivity index (χ2n) is 4.17. The minimum absolute atomic E-state index is 0.0980. The molecule has 0 heterocycles. The summed E-state index contributed by atoms with van der Waals surface area (Å²) in [6, 6.07) is 6.03. The molecule has 0 aliphatic carbocycles. The highest BCUT2D eigenvalue weighted by atomic mass is 16.3. The topological polar surface area (TPSA) is 60.9 Å². The van der Waals surface area contributed by atoms with Gasteiger partial charge < -0.3 is 14.9 Å². The molecule has 1 N–H and O–H groups in total. The van der Waals surface area contributed by atoms with E-state index < -0.39 is 11.8 Å². The van der Waals surface area contributed by atoms with E-state index in [-0.39, 0.29) is 18.8 Å². The van der Waals surface area contributed by atoms with Crippen molar-refractivity contribution in [3.8, 4) is 5.75 Å². The Bertz CT molecular complexity index is 498. The summed E-state index contributed by atoms with van der Waals surface area (Å²) in [5.74, 6) is -1.18. The monoisotopic (exact) mass is 274 g/mol. The Morgan fingerprint density at radius 2 is 1.60 bits per heavy atom. The maximum absolute atomic E-state index is 12.1. The van der Waals surface area contributed by atoms with E-state index in [9.17, 15) is 14.7 Å². The molecule has 2 amide bonds. The van der Waals surface area contributed by atoms with Crippen molar-refractivity contribution < 1.29 is 14.7 Å². The van der Waals surface area contributed by atoms with Gasteiger partial charge in [-0.05, 0) is 24.3 Å². The summed E-state index contributed by atoms with van der Waals surface area (Å²) in [7, 11) is 1.51. The molecule has 1 aromatic rings. The third-order valence-electron chi connectivity index (χ3n) is 2.71. The first-order valence-electron chi connectivity index (χ1n) is 6.09. The number of amides is 2. The third-order valence-corrected chi connectivity index (χ3v) is 2.71. The van der Waals surface area contributed by atoms with E-state index in [0.29, 0.717) is 5.69 Å². The van der Waals surface area contributed by atoms with Gasteiger partial charge in [0.15, 0.2) is 0 Å². The fraction of sp³-hybridized carbons (Fsp3) is 0.200. The Labute approximate surface area is 118 Å². The van der Waals surface area contributed by atoms with Crippen LogP contribution in [0.15, 0.2) is 49.6 Å². The third kappa shape index (κ3) is 3.71. The maximum atomic E-state index is 12.1. The van der Waals surface area contributed by atoms with Crippen molar-refractivity contribution in [2.75, 3.05) is 25.0 Å². The number of likely N-dealkylation sites (N-methyl/N-ethyl adjacent to an activating group) is 1. The Hall–Kier alpha value is -2.56. The number of hydrogen-bond acceptors (Lipinski definition) is 3. The molecule has 0 spiro atoms. The van der Waals surface area contributed by atoms with Gasteiger partial charge in [0.2, 0.25) is 0 Å². The number of anilines is 1. The van der Waals surface area contributed by atoms with Gasteiger partial charge in [0.1, 0.15) is 5.75 Å². The summed E-state index contributed by atoms with van der Waals surface area (Å²) in [5, 5.41) is 9.21. The standard InChI is InChI=1S/C15H18N2O3/c1-4-10-17(11-5-2)15(20)14(19)16(3)12-6-8-13(18)9-7-12/h4-9,18H,1-2,10-11H2,3H3. The molecule has 5 nitrogen and oxygen atoms in total. The van der Waals surface area contributed by atoms with Gasteiger partial charge in [0, 0.05) is 25.8 Å². The lowest BCUT2D eigenvalue weighted by atomic mass is 10.2. The molecule has 20 heavy (non-hydrogen) atoms. The zero-order valence-electron chi connectivity index (χ0n) is 11.5. The summed E-state index contributed by atoms with van der Waals surface area (Å²) in [4.78, 5) is 26.8. The van der Waals surface area contributed by atoms with Crippen molar-refractivity contribution in [1.82, 2.24) is 4.90 Å². The molecule has 106 valence electrons. The normalized spacial score (nSPS) is 9.65. The van der Waals surface area contributed by atoms with Crippen LogP contribution in [0, 0.1) is 0 Å². The van der Waals surface area contributed by atoms with E-state index in [1.807, 2.05) is 0 Å². The number of benzene rings is 1. The van der Waals surface area contributed by atoms with Gasteiger partial charge in [-0.25, -0.2) is 0 Å². The fourth-order valence-electron chi connectivity index (χ4n) is 1.62. The van der Waals surface area contributed by atoms with Crippen molar-refractivity contribution in [3.05, 3.63) is 49.6 Å². The van der Waals surface area contributed by atoms with E-state index >= 15 is 0 Å². The zero-order chi connectivity index (χ0) is 15.1. The lowest BCUT2D eigenvalue weighted by Crippen LogP contribution is -2.44. The van der Waals surface area contributed by atoms with Gasteiger partial charge in [-0.2, -0.15) is 0 Å². The number of carbonyl (C=O) groups is 2. The number of nitrogens with zero attached hydrogens (tertiary/aromatic N) is 2. The van der Waals surface area contributed by atoms with Crippen LogP contribution in [0.3, 0.4) is 0 Å². The molecule has 0 unspecified atom stereocenters. The first-order valence-corrected chi connectivity index (χ1v) is 6.09. The molecule has 1 rings (SSSR count). The average Bonchev–Trinajstić information content (AvgIpc) is 2.45. The van der Waals surface area contributed by atoms with Crippen molar-refractivity contribution in [3.63, 3.8) is 0 Å². The quantitative estimate of drug-likeness (QED) is 0.654. The summed E-state index contributed by atoms with van der Waals surface area (Å²) in [6.45, 7) is 7.67. The van der Waals surface area contributed by atoms with Crippen LogP contribution in [0.5, 0.6) is 5.75 Å². The molecular formula is C15H18N2O3. The van der Waals surface area contributed by atoms with Crippen molar-refractivity contribution in [1.29, 1.82) is 0 Å². The highest BCUT2D eigenvalue weighted by Gasteiger charge is 2.24. The lowest BCUT2D eigenvalue weighted by molar-refractivity contribution is -0.143. The van der Waals surface area contributed by atoms with Gasteiger partial charge in [0.25, 0.3) is 0 Å². The molecule has 0 aliphatic heterocycles. The molecule has 1 aromatic carbocycles. The lowest BCUT2D eigenvalue weighted by Gasteiger charge is -2.22. The summed E-state index contributed by atoms with van der Waals surface area (Å²) < 4.78 is 0. The summed E-state index contributed by atoms with van der Waals surface area (Å²) in [5.41, 5.74) is 0.526. The Kier molecular flexibility index (Phi) is 5.53. The molecule has 0 radical (unpaired) electrons. The maximum Gasteiger partial charge on any atom is 0.316 e. The predicted octanol–water partition coefficient (Wildman–Crippen LogP) is 1.56. The molecular weight excluding hydrogens is 256 g/mol. The molecule has 0 aromatic heterocycles. The fourth-order valence-corrected chi connectivity index (χ4v) is 1.62. The van der Waals surface area contributed by atoms with E-state index in [2.05, 4.69) is 13.2 Å².